The van der Waals surface area contributed by atoms with Crippen molar-refractivity contribution in [3.05, 3.63) is 7.43 Å². The second-order valence-corrected chi connectivity index (χ2v) is 0. The molecule has 0 fully saturated rings. The summed E-state index contributed by atoms with van der Waals surface area (Å²) in [6.07, 6.45) is 0. The summed E-state index contributed by atoms with van der Waals surface area (Å²) in [6, 6.07) is 0. The molecule has 51 valence electrons. The van der Waals surface area contributed by atoms with Crippen LogP contribution in [0.5, 0.6) is 0 Å². The molecular formula is C4H6MnO3-4. The van der Waals surface area contributed by atoms with Gasteiger partial charge < -0.3 is 21.8 Å². The summed E-state index contributed by atoms with van der Waals surface area (Å²) in [5.74, 6) is 0. The van der Waals surface area contributed by atoms with Crippen molar-refractivity contribution in [2.75, 3.05) is 0 Å². The molecular weight excluding hydrogens is 151 g/mol. The van der Waals surface area contributed by atoms with Crippen LogP contribution in [0.15, 0.2) is 0 Å². The van der Waals surface area contributed by atoms with E-state index < -0.39 is 0 Å². The molecule has 3 nitrogen and oxygen atoms in total. The molecule has 0 aliphatic rings. The van der Waals surface area contributed by atoms with E-state index in [1.54, 1.807) is 0 Å². The molecule has 0 N–H and O–H groups in total. The van der Waals surface area contributed by atoms with Gasteiger partial charge in [0.25, 0.3) is 0 Å². The average molecular weight is 157 g/mol. The van der Waals surface area contributed by atoms with Crippen LogP contribution in [0.4, 0.5) is 0 Å². The first-order chi connectivity index (χ1) is 3.00. The van der Waals surface area contributed by atoms with Gasteiger partial charge in [0, 0.05) is 17.1 Å². The van der Waals surface area contributed by atoms with Crippen molar-refractivity contribution in [2.24, 2.45) is 0 Å². The number of rotatable bonds is 0. The van der Waals surface area contributed by atoms with E-state index in [9.17, 15) is 0 Å². The van der Waals surface area contributed by atoms with E-state index in [2.05, 4.69) is 20.4 Å². The molecule has 0 aliphatic heterocycles. The van der Waals surface area contributed by atoms with Crippen molar-refractivity contribution in [1.82, 2.24) is 0 Å². The van der Waals surface area contributed by atoms with Crippen LogP contribution >= 0.6 is 0 Å². The van der Waals surface area contributed by atoms with Crippen LogP contribution in [0.2, 0.25) is 0 Å². The van der Waals surface area contributed by atoms with Gasteiger partial charge >= 0.3 is 0 Å². The molecule has 4 heteroatoms. The van der Waals surface area contributed by atoms with Crippen LogP contribution in [0.1, 0.15) is 0 Å². The zero-order chi connectivity index (χ0) is 6.00. The van der Waals surface area contributed by atoms with E-state index in [1.807, 2.05) is 0 Å². The van der Waals surface area contributed by atoms with E-state index >= 15 is 0 Å². The Morgan fingerprint density at radius 1 is 0.625 bits per heavy atom. The molecule has 0 rings (SSSR count). The Labute approximate surface area is 59.9 Å². The van der Waals surface area contributed by atoms with Crippen LogP contribution in [0.25, 0.3) is 0 Å². The molecule has 0 spiro atoms. The van der Waals surface area contributed by atoms with Crippen molar-refractivity contribution in [1.29, 1.82) is 0 Å². The molecule has 0 amide bonds. The zero-order valence-corrected chi connectivity index (χ0v) is 5.52. The predicted octanol–water partition coefficient (Wildman–Crippen LogP) is -0.375. The van der Waals surface area contributed by atoms with E-state index in [0.29, 0.717) is 0 Å². The number of hydrogen-bond donors (Lipinski definition) is 0. The molecule has 0 aromatic rings. The predicted molar refractivity (Wildman–Crippen MR) is 26.7 cm³/mol. The van der Waals surface area contributed by atoms with Gasteiger partial charge in [0.15, 0.2) is 0 Å². The van der Waals surface area contributed by atoms with Crippen molar-refractivity contribution < 1.29 is 31.5 Å². The van der Waals surface area contributed by atoms with Crippen molar-refractivity contribution in [2.45, 2.75) is 0 Å². The van der Waals surface area contributed by atoms with Crippen molar-refractivity contribution in [3.8, 4) is 0 Å². The molecule has 0 heterocycles. The first kappa shape index (κ1) is 50.2. The minimum Gasteiger partial charge on any atom is -0.545 e. The van der Waals surface area contributed by atoms with Gasteiger partial charge in [0.2, 0.25) is 0 Å². The Kier molecular flexibility index (Phi) is 5660. The average Bonchev–Trinajstić information content (AvgIpc) is 1.81. The summed E-state index contributed by atoms with van der Waals surface area (Å²) < 4.78 is 0. The Bertz CT molecular complexity index is 16.0. The Morgan fingerprint density at radius 3 is 0.625 bits per heavy atom. The third-order valence-corrected chi connectivity index (χ3v) is 0. The first-order valence-corrected chi connectivity index (χ1v) is 0.707. The Hall–Kier alpha value is -0.471. The summed E-state index contributed by atoms with van der Waals surface area (Å²) in [5.41, 5.74) is 0. The SMILES string of the molecule is [CH-]=O.[CH-]=O.[CH-]=O.[CH3-].[Mn]. The van der Waals surface area contributed by atoms with Crippen LogP contribution in [0, 0.1) is 7.43 Å². The summed E-state index contributed by atoms with van der Waals surface area (Å²) in [4.78, 5) is 23.2. The minimum absolute atomic E-state index is 0. The second kappa shape index (κ2) is 902. The fourth-order valence-electron chi connectivity index (χ4n) is 0. The molecule has 0 unspecified atom stereocenters. The van der Waals surface area contributed by atoms with Gasteiger partial charge in [0.05, 0.1) is 0 Å². The molecule has 0 aliphatic carbocycles. The summed E-state index contributed by atoms with van der Waals surface area (Å²) in [5, 5.41) is 0. The Morgan fingerprint density at radius 2 is 0.625 bits per heavy atom. The quantitative estimate of drug-likeness (QED) is 0.273. The maximum atomic E-state index is 7.75. The maximum Gasteiger partial charge on any atom is 0 e. The van der Waals surface area contributed by atoms with Crippen molar-refractivity contribution in [3.63, 3.8) is 0 Å². The number of hydrogen-bond acceptors (Lipinski definition) is 3. The van der Waals surface area contributed by atoms with Crippen molar-refractivity contribution >= 4 is 20.4 Å². The third-order valence-electron chi connectivity index (χ3n) is 0. The van der Waals surface area contributed by atoms with Crippen LogP contribution in [-0.4, -0.2) is 20.4 Å². The third kappa shape index (κ3) is 512. The van der Waals surface area contributed by atoms with Gasteiger partial charge in [-0.3, -0.25) is 20.4 Å². The maximum absolute atomic E-state index is 7.75. The van der Waals surface area contributed by atoms with Gasteiger partial charge in [-0.2, -0.15) is 0 Å². The van der Waals surface area contributed by atoms with Crippen LogP contribution in [0.3, 0.4) is 0 Å². The fraction of sp³-hybridized carbons (Fsp3) is 0. The van der Waals surface area contributed by atoms with E-state index in [-0.39, 0.29) is 24.5 Å². The monoisotopic (exact) mass is 157 g/mol. The molecule has 0 aromatic heterocycles. The van der Waals surface area contributed by atoms with E-state index in [0.717, 1.165) is 0 Å². The van der Waals surface area contributed by atoms with Gasteiger partial charge in [-0.1, -0.05) is 0 Å². The smallest absolute Gasteiger partial charge is 0 e. The van der Waals surface area contributed by atoms with Gasteiger partial charge in [-0.05, 0) is 0 Å². The van der Waals surface area contributed by atoms with E-state index in [1.165, 1.54) is 0 Å². The summed E-state index contributed by atoms with van der Waals surface area (Å²) in [7, 11) is 0. The fourth-order valence-corrected chi connectivity index (χ4v) is 0. The van der Waals surface area contributed by atoms with E-state index in [4.69, 9.17) is 14.4 Å². The van der Waals surface area contributed by atoms with Gasteiger partial charge in [-0.15, -0.1) is 0 Å². The standard InChI is InChI=1S/3CHO.CH3.Mn/c3*1-2;;/h3*1H;1H3;/q4*-1;. The molecule has 0 aromatic carbocycles. The Balaban J connectivity index is -0.00000000500. The largest absolute Gasteiger partial charge is 0.545 e. The van der Waals surface area contributed by atoms with Crippen LogP contribution < -0.4 is 0 Å². The van der Waals surface area contributed by atoms with Gasteiger partial charge in [-0.25, -0.2) is 0 Å². The number of carbonyl (C=O) groups excluding carboxylic acids is 3. The molecule has 0 atom stereocenters. The first-order valence-electron chi connectivity index (χ1n) is 0.707. The van der Waals surface area contributed by atoms with Crippen LogP contribution in [-0.2, 0) is 31.5 Å². The molecule has 0 bridgehead atoms. The summed E-state index contributed by atoms with van der Waals surface area (Å²) in [6.45, 7) is 9.75. The molecule has 0 saturated heterocycles. The molecule has 1 radical (unpaired) electrons. The minimum atomic E-state index is 0. The topological polar surface area (TPSA) is 51.2 Å². The van der Waals surface area contributed by atoms with Gasteiger partial charge in [0.1, 0.15) is 0 Å². The second-order valence-electron chi connectivity index (χ2n) is 0. The molecule has 8 heavy (non-hydrogen) atoms. The molecule has 0 saturated carbocycles. The zero-order valence-electron chi connectivity index (χ0n) is 4.33. The normalized spacial score (nSPS) is 1.50. The summed E-state index contributed by atoms with van der Waals surface area (Å²) >= 11 is 0.